The third-order valence-electron chi connectivity index (χ3n) is 6.33. The van der Waals surface area contributed by atoms with Gasteiger partial charge >= 0.3 is 6.09 Å². The topological polar surface area (TPSA) is 116 Å². The van der Waals surface area contributed by atoms with Crippen LogP contribution < -0.4 is 5.32 Å². The third-order valence-corrected chi connectivity index (χ3v) is 6.33. The van der Waals surface area contributed by atoms with Crippen molar-refractivity contribution in [2.45, 2.75) is 59.2 Å². The maximum Gasteiger partial charge on any atom is 0.407 e. The van der Waals surface area contributed by atoms with Gasteiger partial charge in [-0.05, 0) is 36.8 Å². The van der Waals surface area contributed by atoms with E-state index >= 15 is 0 Å². The van der Waals surface area contributed by atoms with E-state index in [0.29, 0.717) is 18.1 Å². The lowest BCUT2D eigenvalue weighted by Crippen LogP contribution is -2.50. The van der Waals surface area contributed by atoms with Crippen LogP contribution in [0.15, 0.2) is 36.9 Å². The van der Waals surface area contributed by atoms with Crippen LogP contribution >= 0.6 is 0 Å². The van der Waals surface area contributed by atoms with Gasteiger partial charge in [0, 0.05) is 12.7 Å². The van der Waals surface area contributed by atoms with Crippen molar-refractivity contribution in [3.8, 4) is 11.4 Å². The Bertz CT molecular complexity index is 1180. The molecule has 0 radical (unpaired) electrons. The first-order valence-corrected chi connectivity index (χ1v) is 11.1. The quantitative estimate of drug-likeness (QED) is 0.551. The lowest BCUT2D eigenvalue weighted by atomic mass is 9.81. The molecule has 3 aromatic heterocycles. The smallest absolute Gasteiger partial charge is 0.407 e. The Morgan fingerprint density at radius 3 is 2.52 bits per heavy atom. The normalized spacial score (nSPS) is 21.5. The Hall–Kier alpha value is -3.20. The predicted octanol–water partition coefficient (Wildman–Crippen LogP) is 3.84. The summed E-state index contributed by atoms with van der Waals surface area (Å²) in [5.74, 6) is 0.695. The molecule has 1 fully saturated rings. The van der Waals surface area contributed by atoms with Crippen molar-refractivity contribution in [1.29, 1.82) is 0 Å². The number of nitrogens with one attached hydrogen (secondary N) is 1. The van der Waals surface area contributed by atoms with Gasteiger partial charge in [-0.15, -0.1) is 0 Å². The third kappa shape index (κ3) is 4.37. The summed E-state index contributed by atoms with van der Waals surface area (Å²) < 4.78 is 1.89. The highest BCUT2D eigenvalue weighted by molar-refractivity contribution is 5.67. The van der Waals surface area contributed by atoms with E-state index in [0.717, 1.165) is 16.9 Å². The SMILES string of the molecule is C[C@@H]1CN(C(=O)O)C(C(C)(C)C)[C@@H]1Nc1cncc(-c2cnc3ccc(C(C)(C)O)cn23)n1. The van der Waals surface area contributed by atoms with Gasteiger partial charge in [-0.1, -0.05) is 33.8 Å². The Kier molecular flexibility index (Phi) is 5.56. The average molecular weight is 453 g/mol. The molecule has 4 heterocycles. The van der Waals surface area contributed by atoms with Crippen molar-refractivity contribution in [1.82, 2.24) is 24.3 Å². The first kappa shape index (κ1) is 23.0. The van der Waals surface area contributed by atoms with E-state index < -0.39 is 11.7 Å². The highest BCUT2D eigenvalue weighted by Gasteiger charge is 2.47. The standard InChI is InChI=1S/C24H32N6O3/c1-14-12-30(22(31)32)21(23(2,3)4)20(14)28-18-11-25-9-16(27-18)17-10-26-19-8-7-15(13-29(17)19)24(5,6)33/h7-11,13-14,20-21,33H,12H2,1-6H3,(H,27,28)(H,31,32)/t14-,20-,21?/m1/s1. The van der Waals surface area contributed by atoms with Gasteiger partial charge in [0.1, 0.15) is 17.2 Å². The van der Waals surface area contributed by atoms with E-state index in [2.05, 4.69) is 43.0 Å². The Labute approximate surface area is 193 Å². The van der Waals surface area contributed by atoms with Crippen LogP contribution in [0.3, 0.4) is 0 Å². The number of carbonyl (C=O) groups is 1. The molecule has 4 rings (SSSR count). The zero-order valence-corrected chi connectivity index (χ0v) is 19.9. The molecule has 3 N–H and O–H groups in total. The van der Waals surface area contributed by atoms with Crippen molar-refractivity contribution in [3.63, 3.8) is 0 Å². The van der Waals surface area contributed by atoms with Crippen molar-refractivity contribution < 1.29 is 15.0 Å². The van der Waals surface area contributed by atoms with E-state index in [1.54, 1.807) is 32.4 Å². The summed E-state index contributed by atoms with van der Waals surface area (Å²) in [6.07, 6.45) is 6.02. The van der Waals surface area contributed by atoms with E-state index in [1.807, 2.05) is 22.7 Å². The van der Waals surface area contributed by atoms with E-state index in [-0.39, 0.29) is 23.4 Å². The second kappa shape index (κ2) is 7.98. The molecule has 0 bridgehead atoms. The molecule has 0 aromatic carbocycles. The molecule has 9 nitrogen and oxygen atoms in total. The van der Waals surface area contributed by atoms with Crippen LogP contribution in [0.4, 0.5) is 10.6 Å². The number of imidazole rings is 1. The molecule has 1 saturated heterocycles. The molecule has 0 aliphatic carbocycles. The molecule has 0 saturated carbocycles. The van der Waals surface area contributed by atoms with Crippen molar-refractivity contribution >= 4 is 17.6 Å². The van der Waals surface area contributed by atoms with E-state index in [9.17, 15) is 15.0 Å². The number of amides is 1. The van der Waals surface area contributed by atoms with Gasteiger partial charge in [0.25, 0.3) is 0 Å². The lowest BCUT2D eigenvalue weighted by molar-refractivity contribution is 0.0781. The number of aliphatic hydroxyl groups is 1. The highest BCUT2D eigenvalue weighted by Crippen LogP contribution is 2.37. The maximum absolute atomic E-state index is 11.9. The number of rotatable bonds is 4. The van der Waals surface area contributed by atoms with Crippen molar-refractivity contribution in [2.24, 2.45) is 11.3 Å². The summed E-state index contributed by atoms with van der Waals surface area (Å²) in [5, 5.41) is 23.6. The number of hydrogen-bond donors (Lipinski definition) is 3. The minimum absolute atomic E-state index is 0.102. The Morgan fingerprint density at radius 1 is 1.15 bits per heavy atom. The van der Waals surface area contributed by atoms with Crippen LogP contribution in [-0.2, 0) is 5.60 Å². The van der Waals surface area contributed by atoms with Gasteiger partial charge in [0.05, 0.1) is 42.0 Å². The van der Waals surface area contributed by atoms with Crippen molar-refractivity contribution in [3.05, 3.63) is 42.5 Å². The summed E-state index contributed by atoms with van der Waals surface area (Å²) in [7, 11) is 0. The first-order chi connectivity index (χ1) is 15.4. The number of hydrogen-bond acceptors (Lipinski definition) is 6. The minimum atomic E-state index is -0.985. The Morgan fingerprint density at radius 2 is 1.88 bits per heavy atom. The molecular formula is C24H32N6O3. The summed E-state index contributed by atoms with van der Waals surface area (Å²) >= 11 is 0. The average Bonchev–Trinajstić information content (AvgIpc) is 3.28. The van der Waals surface area contributed by atoms with Gasteiger partial charge in [-0.25, -0.2) is 14.8 Å². The van der Waals surface area contributed by atoms with Crippen molar-refractivity contribution in [2.75, 3.05) is 11.9 Å². The highest BCUT2D eigenvalue weighted by atomic mass is 16.4. The molecule has 1 aliphatic rings. The molecule has 3 aromatic rings. The van der Waals surface area contributed by atoms with Crippen LogP contribution in [0.25, 0.3) is 17.0 Å². The lowest BCUT2D eigenvalue weighted by Gasteiger charge is -2.37. The van der Waals surface area contributed by atoms with E-state index in [1.165, 1.54) is 4.90 Å². The summed E-state index contributed by atoms with van der Waals surface area (Å²) in [4.78, 5) is 27.0. The van der Waals surface area contributed by atoms with Gasteiger partial charge in [0.15, 0.2) is 0 Å². The molecule has 176 valence electrons. The largest absolute Gasteiger partial charge is 0.465 e. The predicted molar refractivity (Wildman–Crippen MR) is 126 cm³/mol. The summed E-state index contributed by atoms with van der Waals surface area (Å²) in [6, 6.07) is 3.41. The molecule has 1 aliphatic heterocycles. The van der Waals surface area contributed by atoms with Gasteiger partial charge in [-0.3, -0.25) is 9.38 Å². The van der Waals surface area contributed by atoms with Crippen LogP contribution in [0.5, 0.6) is 0 Å². The van der Waals surface area contributed by atoms with Crippen LogP contribution in [-0.4, -0.2) is 59.2 Å². The number of carboxylic acid groups (broad SMARTS) is 1. The molecule has 1 unspecified atom stereocenters. The second-order valence-electron chi connectivity index (χ2n) is 10.5. The van der Waals surface area contributed by atoms with E-state index in [4.69, 9.17) is 4.98 Å². The fraction of sp³-hybridized carbons (Fsp3) is 0.500. The Balaban J connectivity index is 1.68. The maximum atomic E-state index is 11.9. The van der Waals surface area contributed by atoms with Crippen LogP contribution in [0, 0.1) is 11.3 Å². The summed E-state index contributed by atoms with van der Waals surface area (Å²) in [6.45, 7) is 12.2. The zero-order valence-electron chi connectivity index (χ0n) is 19.9. The van der Waals surface area contributed by atoms with Gasteiger partial charge < -0.3 is 20.4 Å². The number of aromatic nitrogens is 4. The van der Waals surface area contributed by atoms with Gasteiger partial charge in [0.2, 0.25) is 0 Å². The molecule has 9 heteroatoms. The molecule has 3 atom stereocenters. The molecular weight excluding hydrogens is 420 g/mol. The molecule has 0 spiro atoms. The first-order valence-electron chi connectivity index (χ1n) is 11.1. The second-order valence-corrected chi connectivity index (χ2v) is 10.5. The minimum Gasteiger partial charge on any atom is -0.465 e. The monoisotopic (exact) mass is 452 g/mol. The fourth-order valence-electron chi connectivity index (χ4n) is 4.73. The number of likely N-dealkylation sites (tertiary alicyclic amines) is 1. The number of fused-ring (bicyclic) bond motifs is 1. The number of pyridine rings is 1. The number of nitrogens with zero attached hydrogens (tertiary/aromatic N) is 5. The fourth-order valence-corrected chi connectivity index (χ4v) is 4.73. The zero-order chi connectivity index (χ0) is 24.1. The van der Waals surface area contributed by atoms with Gasteiger partial charge in [-0.2, -0.15) is 0 Å². The van der Waals surface area contributed by atoms with Crippen LogP contribution in [0.1, 0.15) is 47.1 Å². The molecule has 1 amide bonds. The molecule has 33 heavy (non-hydrogen) atoms. The number of anilines is 1. The van der Waals surface area contributed by atoms with Crippen LogP contribution in [0.2, 0.25) is 0 Å². The summed E-state index contributed by atoms with van der Waals surface area (Å²) in [5.41, 5.74) is 1.66.